The van der Waals surface area contributed by atoms with Crippen molar-refractivity contribution >= 4 is 19.8 Å². The third kappa shape index (κ3) is 16.3. The molecule has 1 aromatic carbocycles. The Hall–Kier alpha value is 0.0100. The molecule has 174 valence electrons. The number of esters is 1. The van der Waals surface area contributed by atoms with E-state index in [0.717, 1.165) is 12.8 Å². The quantitative estimate of drug-likeness (QED) is 0.0887. The molecule has 0 spiro atoms. The number of aliphatic carboxylic acids is 1. The largest absolute Gasteiger partial charge is 1.00 e. The first-order valence-corrected chi connectivity index (χ1v) is 11.9. The van der Waals surface area contributed by atoms with Crippen molar-refractivity contribution in [2.45, 2.75) is 51.9 Å². The molecular weight excluding hydrogens is 469 g/mol. The maximum atomic E-state index is 11.9. The molecule has 0 aromatic heterocycles. The minimum Gasteiger partial charge on any atom is -0.790 e. The molecule has 11 heteroatoms. The summed E-state index contributed by atoms with van der Waals surface area (Å²) >= 11 is 0. The fraction of sp³-hybridized carbons (Fsp3) is 0.545. The van der Waals surface area contributed by atoms with Crippen molar-refractivity contribution in [1.29, 1.82) is 0 Å². The number of carbonyl (C=O) groups is 2. The van der Waals surface area contributed by atoms with Crippen LogP contribution in [0.2, 0.25) is 0 Å². The molecule has 0 aliphatic heterocycles. The molecule has 0 aliphatic rings. The van der Waals surface area contributed by atoms with Crippen molar-refractivity contribution in [2.24, 2.45) is 11.8 Å². The fourth-order valence-electron chi connectivity index (χ4n) is 3.24. The molecule has 0 aliphatic carbocycles. The van der Waals surface area contributed by atoms with Gasteiger partial charge < -0.3 is 28.7 Å². The summed E-state index contributed by atoms with van der Waals surface area (Å²) in [6, 6.07) is 10.2. The Kier molecular flexibility index (Phi) is 20.5. The van der Waals surface area contributed by atoms with E-state index in [-0.39, 0.29) is 65.5 Å². The second-order valence-electron chi connectivity index (χ2n) is 7.42. The molecule has 1 aromatic rings. The molecule has 8 nitrogen and oxygen atoms in total. The summed E-state index contributed by atoms with van der Waals surface area (Å²) in [5.74, 6) is -2.61. The van der Waals surface area contributed by atoms with Gasteiger partial charge in [-0.15, -0.1) is 0 Å². The molecule has 1 rings (SSSR count). The summed E-state index contributed by atoms with van der Waals surface area (Å²) < 4.78 is 19.1. The number of phosphoric acid groups is 1. The van der Waals surface area contributed by atoms with Crippen molar-refractivity contribution in [2.75, 3.05) is 13.2 Å². The summed E-state index contributed by atoms with van der Waals surface area (Å²) in [7, 11) is -5.11. The summed E-state index contributed by atoms with van der Waals surface area (Å²) in [4.78, 5) is 44.2. The average molecular weight is 500 g/mol. The standard InChI is InChI=1S/C22H33O8P.2Na/c1-3-18(19-11-7-5-8-12-19)10-6-4-9-13-20(21(23)24)16-17(2)22(25)29-14-15-30-31(26,27)28;;/h4-8,11-12,17-18,20H,3,9-10,13-16H2,1-2H3,(H,23,24)(H2,26,27,28);;/q;2*+1/p-2. The van der Waals surface area contributed by atoms with Gasteiger partial charge >= 0.3 is 71.1 Å². The minimum absolute atomic E-state index is 0. The number of rotatable bonds is 15. The van der Waals surface area contributed by atoms with Crippen molar-refractivity contribution in [3.8, 4) is 0 Å². The second-order valence-corrected chi connectivity index (χ2v) is 8.57. The van der Waals surface area contributed by atoms with Crippen LogP contribution in [-0.2, 0) is 23.4 Å². The van der Waals surface area contributed by atoms with Crippen LogP contribution in [0.1, 0.15) is 57.4 Å². The Labute approximate surface area is 240 Å². The van der Waals surface area contributed by atoms with Crippen LogP contribution in [0.5, 0.6) is 0 Å². The number of hydrogen-bond acceptors (Lipinski definition) is 7. The van der Waals surface area contributed by atoms with Crippen molar-refractivity contribution < 1.29 is 97.4 Å². The second kappa shape index (κ2) is 19.2. The van der Waals surface area contributed by atoms with E-state index < -0.39 is 44.8 Å². The monoisotopic (exact) mass is 500 g/mol. The molecule has 0 saturated heterocycles. The summed E-state index contributed by atoms with van der Waals surface area (Å²) in [6.45, 7) is 2.74. The van der Waals surface area contributed by atoms with Crippen LogP contribution < -0.4 is 68.9 Å². The van der Waals surface area contributed by atoms with Crippen LogP contribution in [0.15, 0.2) is 42.5 Å². The zero-order valence-electron chi connectivity index (χ0n) is 20.0. The molecule has 3 atom stereocenters. The molecule has 0 fully saturated rings. The van der Waals surface area contributed by atoms with E-state index in [9.17, 15) is 29.0 Å². The van der Waals surface area contributed by atoms with Gasteiger partial charge in [-0.3, -0.25) is 9.59 Å². The van der Waals surface area contributed by atoms with Gasteiger partial charge in [0.25, 0.3) is 0 Å². The summed E-state index contributed by atoms with van der Waals surface area (Å²) in [5.41, 5.74) is 1.28. The van der Waals surface area contributed by atoms with Crippen molar-refractivity contribution in [3.05, 3.63) is 48.0 Å². The molecule has 1 N–H and O–H groups in total. The van der Waals surface area contributed by atoms with Gasteiger partial charge in [0.1, 0.15) is 6.61 Å². The fourth-order valence-corrected chi connectivity index (χ4v) is 3.54. The number of ether oxygens (including phenoxy) is 1. The van der Waals surface area contributed by atoms with Crippen LogP contribution >= 0.6 is 7.82 Å². The third-order valence-corrected chi connectivity index (χ3v) is 5.50. The van der Waals surface area contributed by atoms with Crippen molar-refractivity contribution in [1.82, 2.24) is 0 Å². The first-order chi connectivity index (χ1) is 14.6. The predicted molar refractivity (Wildman–Crippen MR) is 112 cm³/mol. The number of allylic oxidation sites excluding steroid dienone is 2. The first kappa shape index (κ1) is 35.2. The molecule has 0 saturated carbocycles. The van der Waals surface area contributed by atoms with Gasteiger partial charge in [-0.25, -0.2) is 0 Å². The van der Waals surface area contributed by atoms with Gasteiger partial charge in [-0.2, -0.15) is 0 Å². The number of carboxylic acid groups (broad SMARTS) is 1. The van der Waals surface area contributed by atoms with Crippen molar-refractivity contribution in [3.63, 3.8) is 0 Å². The van der Waals surface area contributed by atoms with Crippen LogP contribution in [0.25, 0.3) is 0 Å². The van der Waals surface area contributed by atoms with E-state index >= 15 is 0 Å². The Bertz CT molecular complexity index is 754. The van der Waals surface area contributed by atoms with Crippen LogP contribution in [0.4, 0.5) is 0 Å². The third-order valence-electron chi connectivity index (χ3n) is 5.00. The van der Waals surface area contributed by atoms with Gasteiger partial charge in [-0.1, -0.05) is 56.3 Å². The maximum absolute atomic E-state index is 11.9. The molecule has 3 unspecified atom stereocenters. The van der Waals surface area contributed by atoms with Gasteiger partial charge in [-0.05, 0) is 43.6 Å². The molecule has 0 bridgehead atoms. The molecule has 0 radical (unpaired) electrons. The van der Waals surface area contributed by atoms with Crippen LogP contribution in [0.3, 0.4) is 0 Å². The SMILES string of the molecule is CCC(CC=CCCC(CC(C)C(=O)OCCOP(=O)([O-])[O-])C(=O)O)c1ccccc1.[Na+].[Na+]. The minimum atomic E-state index is -5.11. The molecule has 33 heavy (non-hydrogen) atoms. The van der Waals surface area contributed by atoms with Gasteiger partial charge in [0, 0.05) is 0 Å². The summed E-state index contributed by atoms with van der Waals surface area (Å²) in [6.07, 6.45) is 7.02. The summed E-state index contributed by atoms with van der Waals surface area (Å²) in [5, 5.41) is 9.44. The average Bonchev–Trinajstić information content (AvgIpc) is 2.72. The Balaban J connectivity index is 0. The Morgan fingerprint density at radius 2 is 1.76 bits per heavy atom. The van der Waals surface area contributed by atoms with E-state index in [0.29, 0.717) is 18.8 Å². The number of carboxylic acids is 1. The van der Waals surface area contributed by atoms with Gasteiger partial charge in [0.15, 0.2) is 0 Å². The smallest absolute Gasteiger partial charge is 0.790 e. The zero-order valence-corrected chi connectivity index (χ0v) is 24.9. The van der Waals surface area contributed by atoms with Crippen LogP contribution in [0, 0.1) is 11.8 Å². The number of carbonyl (C=O) groups excluding carboxylic acids is 1. The normalized spacial score (nSPS) is 13.9. The molecule has 0 amide bonds. The first-order valence-electron chi connectivity index (χ1n) is 10.4. The van der Waals surface area contributed by atoms with Gasteiger partial charge in [0.05, 0.1) is 26.3 Å². The predicted octanol–water partition coefficient (Wildman–Crippen LogP) is -2.97. The number of phosphoric ester groups is 1. The van der Waals surface area contributed by atoms with E-state index in [1.807, 2.05) is 24.3 Å². The number of benzene rings is 1. The zero-order chi connectivity index (χ0) is 23.3. The number of hydrogen-bond donors (Lipinski definition) is 1. The van der Waals surface area contributed by atoms with E-state index in [1.165, 1.54) is 5.56 Å². The Morgan fingerprint density at radius 3 is 2.30 bits per heavy atom. The maximum Gasteiger partial charge on any atom is 1.00 e. The van der Waals surface area contributed by atoms with Crippen LogP contribution in [-0.4, -0.2) is 30.3 Å². The molecular formula is C22H31Na2O8P. The van der Waals surface area contributed by atoms with E-state index in [1.54, 1.807) is 6.92 Å². The topological polar surface area (TPSA) is 136 Å². The van der Waals surface area contributed by atoms with E-state index in [4.69, 9.17) is 4.74 Å². The van der Waals surface area contributed by atoms with Gasteiger partial charge in [0.2, 0.25) is 0 Å². The van der Waals surface area contributed by atoms with E-state index in [2.05, 4.69) is 29.7 Å². The Morgan fingerprint density at radius 1 is 1.12 bits per heavy atom. The molecule has 0 heterocycles.